The van der Waals surface area contributed by atoms with Gasteiger partial charge in [0.05, 0.1) is 19.1 Å². The van der Waals surface area contributed by atoms with E-state index in [2.05, 4.69) is 4.98 Å². The van der Waals surface area contributed by atoms with E-state index in [0.717, 1.165) is 12.7 Å². The Balaban J connectivity index is 1.96. The largest absolute Gasteiger partial charge is 0.481 e. The molecular formula is C24H28ClN3O6S2. The minimum absolute atomic E-state index is 0.0758. The van der Waals surface area contributed by atoms with Crippen molar-refractivity contribution in [3.8, 4) is 17.0 Å². The first-order valence-corrected chi connectivity index (χ1v) is 15.6. The number of rotatable bonds is 8. The van der Waals surface area contributed by atoms with E-state index in [0.29, 0.717) is 53.1 Å². The maximum absolute atomic E-state index is 13.6. The Bertz CT molecular complexity index is 1530. The summed E-state index contributed by atoms with van der Waals surface area (Å²) in [6, 6.07) is 8.70. The molecule has 3 aromatic rings. The Morgan fingerprint density at radius 3 is 2.61 bits per heavy atom. The Morgan fingerprint density at radius 2 is 1.94 bits per heavy atom. The van der Waals surface area contributed by atoms with Gasteiger partial charge in [0.25, 0.3) is 0 Å². The first-order chi connectivity index (χ1) is 16.9. The second-order valence-corrected chi connectivity index (χ2v) is 13.7. The van der Waals surface area contributed by atoms with Crippen LogP contribution in [-0.2, 0) is 26.4 Å². The average molecular weight is 554 g/mol. The van der Waals surface area contributed by atoms with Crippen LogP contribution in [0.15, 0.2) is 36.5 Å². The van der Waals surface area contributed by atoms with Crippen molar-refractivity contribution in [2.24, 2.45) is 5.92 Å². The van der Waals surface area contributed by atoms with Gasteiger partial charge in [0.15, 0.2) is 15.6 Å². The number of carbonyl (C=O) groups excluding carboxylic acids is 1. The van der Waals surface area contributed by atoms with Crippen molar-refractivity contribution >= 4 is 48.1 Å². The average Bonchev–Trinajstić information content (AvgIpc) is 3.10. The van der Waals surface area contributed by atoms with Crippen LogP contribution in [0, 0.1) is 5.92 Å². The first-order valence-electron chi connectivity index (χ1n) is 11.4. The van der Waals surface area contributed by atoms with Crippen molar-refractivity contribution in [3.63, 3.8) is 0 Å². The molecule has 9 nitrogen and oxygen atoms in total. The van der Waals surface area contributed by atoms with Gasteiger partial charge < -0.3 is 9.30 Å². The zero-order valence-electron chi connectivity index (χ0n) is 20.3. The quantitative estimate of drug-likeness (QED) is 0.393. The van der Waals surface area contributed by atoms with Crippen molar-refractivity contribution < 1.29 is 26.4 Å². The van der Waals surface area contributed by atoms with Gasteiger partial charge in [0.2, 0.25) is 15.9 Å². The second-order valence-electron chi connectivity index (χ2n) is 9.18. The van der Waals surface area contributed by atoms with Gasteiger partial charge in [-0.2, -0.15) is 0 Å². The summed E-state index contributed by atoms with van der Waals surface area (Å²) in [5.74, 6) is -1.03. The van der Waals surface area contributed by atoms with Gasteiger partial charge in [-0.3, -0.25) is 4.79 Å². The third-order valence-corrected chi connectivity index (χ3v) is 8.60. The zero-order chi connectivity index (χ0) is 26.3. The molecule has 1 aliphatic heterocycles. The minimum Gasteiger partial charge on any atom is -0.481 e. The van der Waals surface area contributed by atoms with E-state index in [9.17, 15) is 21.6 Å². The molecule has 3 heterocycles. The van der Waals surface area contributed by atoms with Crippen LogP contribution in [0.25, 0.3) is 22.0 Å². The molecule has 12 heteroatoms. The highest BCUT2D eigenvalue weighted by atomic mass is 35.5. The zero-order valence-corrected chi connectivity index (χ0v) is 22.7. The molecule has 194 valence electrons. The van der Waals surface area contributed by atoms with Crippen molar-refractivity contribution in [2.45, 2.75) is 19.4 Å². The molecule has 2 aromatic heterocycles. The molecule has 0 amide bonds. The third kappa shape index (κ3) is 5.59. The number of ether oxygens (including phenoxy) is 1. The molecular weight excluding hydrogens is 526 g/mol. The number of hydrogen-bond donors (Lipinski definition) is 0. The lowest BCUT2D eigenvalue weighted by Crippen LogP contribution is -2.40. The number of sulfonamides is 1. The van der Waals surface area contributed by atoms with Gasteiger partial charge in [0, 0.05) is 59.1 Å². The standard InChI is InChI=1S/C24H28ClN3O6S2/c1-34-24-18(7-4-10-26-24)22-19-12-17(25)8-9-20(19)28(23(22)21(29)15-35(2,30)31)14-16-6-5-11-27(13-16)36(3,32)33/h4,7-10,12,16H,5-6,11,13-15H2,1-3H3. The van der Waals surface area contributed by atoms with Crippen molar-refractivity contribution in [3.05, 3.63) is 47.2 Å². The molecule has 1 saturated heterocycles. The third-order valence-electron chi connectivity index (χ3n) is 6.31. The normalized spacial score (nSPS) is 17.4. The first kappa shape index (κ1) is 26.6. The van der Waals surface area contributed by atoms with Gasteiger partial charge in [-0.15, -0.1) is 0 Å². The smallest absolute Gasteiger partial charge is 0.221 e. The fraction of sp³-hybridized carbons (Fsp3) is 0.417. The van der Waals surface area contributed by atoms with Crippen LogP contribution in [0.4, 0.5) is 0 Å². The van der Waals surface area contributed by atoms with Gasteiger partial charge in [-0.25, -0.2) is 26.1 Å². The van der Waals surface area contributed by atoms with E-state index in [1.54, 1.807) is 41.1 Å². The summed E-state index contributed by atoms with van der Waals surface area (Å²) in [7, 11) is -5.52. The van der Waals surface area contributed by atoms with E-state index in [4.69, 9.17) is 16.3 Å². The fourth-order valence-corrected chi connectivity index (χ4v) is 6.59. The number of Topliss-reactive ketones (excluding diaryl/α,β-unsaturated/α-hetero) is 1. The summed E-state index contributed by atoms with van der Waals surface area (Å²) < 4.78 is 57.4. The van der Waals surface area contributed by atoms with Crippen molar-refractivity contribution in [2.75, 3.05) is 38.5 Å². The number of hydrogen-bond acceptors (Lipinski definition) is 7. The summed E-state index contributed by atoms with van der Waals surface area (Å²) in [5.41, 5.74) is 1.92. The highest BCUT2D eigenvalue weighted by Gasteiger charge is 2.31. The highest BCUT2D eigenvalue weighted by molar-refractivity contribution is 7.91. The number of sulfone groups is 1. The summed E-state index contributed by atoms with van der Waals surface area (Å²) >= 11 is 6.35. The molecule has 0 aliphatic carbocycles. The molecule has 1 fully saturated rings. The maximum atomic E-state index is 13.6. The van der Waals surface area contributed by atoms with Gasteiger partial charge in [-0.1, -0.05) is 11.6 Å². The molecule has 1 atom stereocenters. The van der Waals surface area contributed by atoms with Crippen LogP contribution in [0.5, 0.6) is 5.88 Å². The molecule has 0 spiro atoms. The second kappa shape index (κ2) is 10.1. The van der Waals surface area contributed by atoms with Crippen LogP contribution in [0.2, 0.25) is 5.02 Å². The number of ketones is 1. The summed E-state index contributed by atoms with van der Waals surface area (Å²) in [6.45, 7) is 1.10. The van der Waals surface area contributed by atoms with Crippen LogP contribution in [-0.4, -0.2) is 74.9 Å². The van der Waals surface area contributed by atoms with E-state index in [1.807, 2.05) is 0 Å². The number of pyridine rings is 1. The number of halogens is 1. The van der Waals surface area contributed by atoms with Gasteiger partial charge >= 0.3 is 0 Å². The summed E-state index contributed by atoms with van der Waals surface area (Å²) in [4.78, 5) is 17.9. The molecule has 0 saturated carbocycles. The van der Waals surface area contributed by atoms with Gasteiger partial charge in [-0.05, 0) is 49.1 Å². The van der Waals surface area contributed by atoms with Crippen molar-refractivity contribution in [1.29, 1.82) is 0 Å². The lowest BCUT2D eigenvalue weighted by Gasteiger charge is -2.31. The van der Waals surface area contributed by atoms with E-state index < -0.39 is 31.4 Å². The van der Waals surface area contributed by atoms with Gasteiger partial charge in [0.1, 0.15) is 5.75 Å². The summed E-state index contributed by atoms with van der Waals surface area (Å²) in [5, 5.41) is 1.10. The predicted octanol–water partition coefficient (Wildman–Crippen LogP) is 3.26. The Morgan fingerprint density at radius 1 is 1.19 bits per heavy atom. The SMILES string of the molecule is COc1ncccc1-c1c(C(=O)CS(C)(=O)=O)n(CC2CCCN(S(C)(=O)=O)C2)c2ccc(Cl)cc12. The lowest BCUT2D eigenvalue weighted by molar-refractivity contribution is 0.101. The highest BCUT2D eigenvalue weighted by Crippen LogP contribution is 2.41. The number of nitrogens with zero attached hydrogens (tertiary/aromatic N) is 3. The van der Waals surface area contributed by atoms with Crippen molar-refractivity contribution in [1.82, 2.24) is 13.9 Å². The van der Waals surface area contributed by atoms with Crippen LogP contribution >= 0.6 is 11.6 Å². The molecule has 0 bridgehead atoms. The van der Waals surface area contributed by atoms with E-state index in [1.165, 1.54) is 17.7 Å². The van der Waals surface area contributed by atoms with E-state index >= 15 is 0 Å². The topological polar surface area (TPSA) is 116 Å². The Labute approximate surface area is 216 Å². The monoisotopic (exact) mass is 553 g/mol. The van der Waals surface area contributed by atoms with E-state index in [-0.39, 0.29) is 17.5 Å². The molecule has 1 aliphatic rings. The number of methoxy groups -OCH3 is 1. The Kier molecular flexibility index (Phi) is 7.47. The molecule has 36 heavy (non-hydrogen) atoms. The molecule has 0 N–H and O–H groups in total. The molecule has 0 radical (unpaired) electrons. The predicted molar refractivity (Wildman–Crippen MR) is 140 cm³/mol. The summed E-state index contributed by atoms with van der Waals surface area (Å²) in [6.07, 6.45) is 5.23. The van der Waals surface area contributed by atoms with Crippen LogP contribution in [0.1, 0.15) is 23.3 Å². The minimum atomic E-state index is -3.63. The number of carbonyl (C=O) groups is 1. The van der Waals surface area contributed by atoms with Crippen LogP contribution < -0.4 is 4.74 Å². The number of aromatic nitrogens is 2. The molecule has 1 aromatic carbocycles. The maximum Gasteiger partial charge on any atom is 0.221 e. The molecule has 4 rings (SSSR count). The number of fused-ring (bicyclic) bond motifs is 1. The lowest BCUT2D eigenvalue weighted by atomic mass is 9.99. The number of benzene rings is 1. The number of piperidine rings is 1. The Hall–Kier alpha value is -2.47. The molecule has 1 unspecified atom stereocenters. The fourth-order valence-electron chi connectivity index (χ4n) is 4.86. The van der Waals surface area contributed by atoms with Crippen LogP contribution in [0.3, 0.4) is 0 Å².